The third kappa shape index (κ3) is 5.68. The summed E-state index contributed by atoms with van der Waals surface area (Å²) in [4.78, 5) is 15.3. The number of aromatic nitrogens is 2. The van der Waals surface area contributed by atoms with Crippen LogP contribution in [0.15, 0.2) is 24.7 Å². The highest BCUT2D eigenvalue weighted by Gasteiger charge is 2.31. The van der Waals surface area contributed by atoms with E-state index in [9.17, 15) is 15.0 Å². The van der Waals surface area contributed by atoms with Gasteiger partial charge in [-0.25, -0.2) is 4.98 Å². The Bertz CT molecular complexity index is 578. The fourth-order valence-electron chi connectivity index (χ4n) is 3.65. The molecule has 140 valence electrons. The van der Waals surface area contributed by atoms with Gasteiger partial charge < -0.3 is 20.5 Å². The van der Waals surface area contributed by atoms with Gasteiger partial charge in [0.2, 0.25) is 5.91 Å². The molecule has 0 unspecified atom stereocenters. The summed E-state index contributed by atoms with van der Waals surface area (Å²) < 4.78 is 1.88. The van der Waals surface area contributed by atoms with Crippen molar-refractivity contribution in [1.82, 2.24) is 9.55 Å². The van der Waals surface area contributed by atoms with Crippen molar-refractivity contribution in [2.75, 3.05) is 0 Å². The molecular weight excluding hydrogens is 318 g/mol. The number of hydrogen-bond donors (Lipinski definition) is 3. The van der Waals surface area contributed by atoms with Crippen LogP contribution in [0.25, 0.3) is 0 Å². The lowest BCUT2D eigenvalue weighted by Crippen LogP contribution is -2.36. The van der Waals surface area contributed by atoms with Gasteiger partial charge in [-0.3, -0.25) is 4.79 Å². The van der Waals surface area contributed by atoms with Crippen molar-refractivity contribution >= 4 is 5.91 Å². The first-order valence-electron chi connectivity index (χ1n) is 9.20. The molecule has 6 heteroatoms. The maximum atomic E-state index is 11.0. The maximum absolute atomic E-state index is 11.0. The van der Waals surface area contributed by atoms with Crippen molar-refractivity contribution in [2.24, 2.45) is 11.7 Å². The minimum atomic E-state index is -0.968. The van der Waals surface area contributed by atoms with E-state index >= 15 is 0 Å². The minimum absolute atomic E-state index is 0.251. The van der Waals surface area contributed by atoms with Crippen LogP contribution in [-0.4, -0.2) is 37.9 Å². The Morgan fingerprint density at radius 1 is 1.40 bits per heavy atom. The summed E-state index contributed by atoms with van der Waals surface area (Å²) in [6.07, 6.45) is 9.22. The number of hydrogen-bond acceptors (Lipinski definition) is 4. The summed E-state index contributed by atoms with van der Waals surface area (Å²) in [5.74, 6) is 0.188. The molecule has 1 aromatic rings. The van der Waals surface area contributed by atoms with Gasteiger partial charge in [0.25, 0.3) is 0 Å². The van der Waals surface area contributed by atoms with Crippen LogP contribution in [0.3, 0.4) is 0 Å². The van der Waals surface area contributed by atoms with Crippen LogP contribution in [0.5, 0.6) is 0 Å². The van der Waals surface area contributed by atoms with Crippen molar-refractivity contribution in [3.05, 3.63) is 30.4 Å². The molecule has 0 aromatic carbocycles. The number of rotatable bonds is 9. The quantitative estimate of drug-likeness (QED) is 0.594. The number of nitrogens with zero attached hydrogens (tertiary/aromatic N) is 2. The molecule has 1 saturated carbocycles. The molecular formula is C19H31N3O3. The van der Waals surface area contributed by atoms with Crippen LogP contribution in [0.1, 0.15) is 63.6 Å². The average Bonchev–Trinajstić information content (AvgIpc) is 3.06. The zero-order valence-corrected chi connectivity index (χ0v) is 15.1. The Hall–Kier alpha value is -1.66. The van der Waals surface area contributed by atoms with Crippen molar-refractivity contribution in [3.63, 3.8) is 0 Å². The number of aliphatic hydroxyl groups is 2. The van der Waals surface area contributed by atoms with Gasteiger partial charge in [0, 0.05) is 12.6 Å². The Kier molecular flexibility index (Phi) is 7.20. The van der Waals surface area contributed by atoms with Gasteiger partial charge in [-0.15, -0.1) is 0 Å². The number of primary amides is 1. The van der Waals surface area contributed by atoms with E-state index < -0.39 is 12.2 Å². The molecule has 1 fully saturated rings. The topological polar surface area (TPSA) is 101 Å². The predicted molar refractivity (Wildman–Crippen MR) is 96.8 cm³/mol. The molecule has 0 saturated heterocycles. The summed E-state index contributed by atoms with van der Waals surface area (Å²) >= 11 is 0. The van der Waals surface area contributed by atoms with E-state index in [-0.39, 0.29) is 18.4 Å². The van der Waals surface area contributed by atoms with E-state index in [1.807, 2.05) is 10.8 Å². The monoisotopic (exact) mass is 349 g/mol. The lowest BCUT2D eigenvalue weighted by Gasteiger charge is -2.32. The third-order valence-electron chi connectivity index (χ3n) is 5.19. The summed E-state index contributed by atoms with van der Waals surface area (Å²) in [5.41, 5.74) is 6.51. The van der Waals surface area contributed by atoms with Gasteiger partial charge in [-0.1, -0.05) is 38.7 Å². The van der Waals surface area contributed by atoms with Crippen LogP contribution < -0.4 is 5.73 Å². The molecule has 1 amide bonds. The van der Waals surface area contributed by atoms with Crippen LogP contribution in [0, 0.1) is 5.92 Å². The predicted octanol–water partition coefficient (Wildman–Crippen LogP) is 2.11. The number of imidazole rings is 1. The van der Waals surface area contributed by atoms with Crippen LogP contribution in [0.4, 0.5) is 0 Å². The van der Waals surface area contributed by atoms with E-state index in [1.165, 1.54) is 19.3 Å². The molecule has 1 aliphatic carbocycles. The molecule has 1 heterocycles. The van der Waals surface area contributed by atoms with E-state index in [2.05, 4.69) is 11.6 Å². The molecule has 2 rings (SSSR count). The van der Waals surface area contributed by atoms with Gasteiger partial charge in [0.05, 0.1) is 18.1 Å². The fourth-order valence-corrected chi connectivity index (χ4v) is 3.65. The van der Waals surface area contributed by atoms with Gasteiger partial charge >= 0.3 is 0 Å². The zero-order valence-electron chi connectivity index (χ0n) is 15.1. The second kappa shape index (κ2) is 9.15. The zero-order chi connectivity index (χ0) is 18.4. The molecule has 25 heavy (non-hydrogen) atoms. The number of amides is 1. The summed E-state index contributed by atoms with van der Waals surface area (Å²) in [5, 5.41) is 21.0. The largest absolute Gasteiger partial charge is 0.388 e. The lowest BCUT2D eigenvalue weighted by atomic mass is 9.82. The standard InChI is InChI=1S/C19H31N3O3/c1-13(2)18(24)19(25)16(10-14-6-4-3-5-7-14)22-11-15(21-12-22)8-9-17(20)23/h11-12,14,16,18-19,24-25H,1,3-10H2,2H3,(H2,20,23)/t16-,18+,19+/m0/s1. The Balaban J connectivity index is 2.14. The number of aliphatic hydroxyl groups excluding tert-OH is 2. The number of carbonyl (C=O) groups is 1. The van der Waals surface area contributed by atoms with Crippen molar-refractivity contribution in [1.29, 1.82) is 0 Å². The molecule has 1 aliphatic rings. The molecule has 3 atom stereocenters. The smallest absolute Gasteiger partial charge is 0.217 e. The SMILES string of the molecule is C=C(C)[C@@H](O)[C@H](O)[C@H](CC1CCCCC1)n1cnc(CCC(N)=O)c1. The minimum Gasteiger partial charge on any atom is -0.388 e. The van der Waals surface area contributed by atoms with E-state index in [0.29, 0.717) is 17.9 Å². The van der Waals surface area contributed by atoms with E-state index in [4.69, 9.17) is 5.73 Å². The molecule has 1 aromatic heterocycles. The van der Waals surface area contributed by atoms with Gasteiger partial charge in [0.1, 0.15) is 12.2 Å². The highest BCUT2D eigenvalue weighted by Crippen LogP contribution is 2.33. The van der Waals surface area contributed by atoms with E-state index in [0.717, 1.165) is 25.0 Å². The first kappa shape index (κ1) is 19.7. The molecule has 4 N–H and O–H groups in total. The second-order valence-electron chi connectivity index (χ2n) is 7.37. The Labute approximate surface area is 149 Å². The molecule has 0 radical (unpaired) electrons. The fraction of sp³-hybridized carbons (Fsp3) is 0.684. The van der Waals surface area contributed by atoms with E-state index in [1.54, 1.807) is 13.3 Å². The van der Waals surface area contributed by atoms with Crippen molar-refractivity contribution in [3.8, 4) is 0 Å². The van der Waals surface area contributed by atoms with Crippen molar-refractivity contribution in [2.45, 2.75) is 76.5 Å². The Morgan fingerprint density at radius 2 is 2.08 bits per heavy atom. The van der Waals surface area contributed by atoms with Crippen LogP contribution in [-0.2, 0) is 11.2 Å². The summed E-state index contributed by atoms with van der Waals surface area (Å²) in [7, 11) is 0. The lowest BCUT2D eigenvalue weighted by molar-refractivity contribution is -0.118. The second-order valence-corrected chi connectivity index (χ2v) is 7.37. The normalized spacial score (nSPS) is 19.3. The molecule has 0 aliphatic heterocycles. The molecule has 0 bridgehead atoms. The van der Waals surface area contributed by atoms with Gasteiger partial charge in [-0.2, -0.15) is 0 Å². The first-order valence-corrected chi connectivity index (χ1v) is 9.20. The number of carbonyl (C=O) groups excluding carboxylic acids is 1. The summed E-state index contributed by atoms with van der Waals surface area (Å²) in [6, 6.07) is -0.260. The Morgan fingerprint density at radius 3 is 2.68 bits per heavy atom. The number of aryl methyl sites for hydroxylation is 1. The molecule has 0 spiro atoms. The maximum Gasteiger partial charge on any atom is 0.217 e. The third-order valence-corrected chi connectivity index (χ3v) is 5.19. The first-order chi connectivity index (χ1) is 11.9. The number of nitrogens with two attached hydrogens (primary N) is 1. The molecule has 6 nitrogen and oxygen atoms in total. The van der Waals surface area contributed by atoms with Gasteiger partial charge in [-0.05, 0) is 31.3 Å². The highest BCUT2D eigenvalue weighted by atomic mass is 16.3. The van der Waals surface area contributed by atoms with Crippen LogP contribution >= 0.6 is 0 Å². The van der Waals surface area contributed by atoms with Gasteiger partial charge in [0.15, 0.2) is 0 Å². The van der Waals surface area contributed by atoms with Crippen molar-refractivity contribution < 1.29 is 15.0 Å². The van der Waals surface area contributed by atoms with Crippen LogP contribution in [0.2, 0.25) is 0 Å². The summed E-state index contributed by atoms with van der Waals surface area (Å²) in [6.45, 7) is 5.49. The highest BCUT2D eigenvalue weighted by molar-refractivity contribution is 5.73. The average molecular weight is 349 g/mol.